The van der Waals surface area contributed by atoms with Gasteiger partial charge in [-0.3, -0.25) is 0 Å². The molecule has 0 bridgehead atoms. The first-order chi connectivity index (χ1) is 8.24. The first-order valence-electron chi connectivity index (χ1n) is 5.92. The van der Waals surface area contributed by atoms with Crippen molar-refractivity contribution in [2.75, 3.05) is 12.3 Å². The number of hydrogen-bond acceptors (Lipinski definition) is 4. The van der Waals surface area contributed by atoms with Crippen molar-refractivity contribution in [2.24, 2.45) is 0 Å². The summed E-state index contributed by atoms with van der Waals surface area (Å²) in [4.78, 5) is 4.30. The Morgan fingerprint density at radius 2 is 2.41 bits per heavy atom. The number of aromatic hydroxyl groups is 1. The van der Waals surface area contributed by atoms with Crippen LogP contribution in [0.5, 0.6) is 5.75 Å². The van der Waals surface area contributed by atoms with E-state index in [1.54, 1.807) is 18.2 Å². The van der Waals surface area contributed by atoms with Gasteiger partial charge in [0.2, 0.25) is 5.95 Å². The number of hydrogen-bond donors (Lipinski definition) is 3. The maximum absolute atomic E-state index is 9.53. The lowest BCUT2D eigenvalue weighted by atomic mass is 10.2. The summed E-state index contributed by atoms with van der Waals surface area (Å²) in [5, 5.41) is 13.0. The van der Waals surface area contributed by atoms with E-state index in [-0.39, 0.29) is 5.75 Å². The fourth-order valence-electron chi connectivity index (χ4n) is 2.45. The van der Waals surface area contributed by atoms with Gasteiger partial charge in [-0.25, -0.2) is 4.98 Å². The Bertz CT molecular complexity index is 543. The Balaban J connectivity index is 2.01. The second-order valence-electron chi connectivity index (χ2n) is 4.55. The summed E-state index contributed by atoms with van der Waals surface area (Å²) in [7, 11) is 0. The van der Waals surface area contributed by atoms with Gasteiger partial charge in [-0.15, -0.1) is 0 Å². The highest BCUT2D eigenvalue weighted by Gasteiger charge is 2.17. The van der Waals surface area contributed by atoms with E-state index in [4.69, 9.17) is 5.73 Å². The van der Waals surface area contributed by atoms with Gasteiger partial charge in [0.25, 0.3) is 0 Å². The Kier molecular flexibility index (Phi) is 2.40. The minimum atomic E-state index is 0.248. The molecule has 5 nitrogen and oxygen atoms in total. The predicted molar refractivity (Wildman–Crippen MR) is 66.8 cm³/mol. The van der Waals surface area contributed by atoms with E-state index in [9.17, 15) is 5.11 Å². The number of imidazole rings is 1. The molecule has 1 atom stereocenters. The maximum Gasteiger partial charge on any atom is 0.201 e. The molecule has 1 unspecified atom stereocenters. The number of rotatable bonds is 2. The lowest BCUT2D eigenvalue weighted by Crippen LogP contribution is -2.27. The van der Waals surface area contributed by atoms with E-state index in [1.165, 1.54) is 6.42 Å². The van der Waals surface area contributed by atoms with E-state index >= 15 is 0 Å². The van der Waals surface area contributed by atoms with Crippen LogP contribution in [-0.2, 0) is 6.54 Å². The van der Waals surface area contributed by atoms with Gasteiger partial charge >= 0.3 is 0 Å². The van der Waals surface area contributed by atoms with Crippen LogP contribution in [0.3, 0.4) is 0 Å². The van der Waals surface area contributed by atoms with Crippen molar-refractivity contribution in [3.63, 3.8) is 0 Å². The largest absolute Gasteiger partial charge is 0.508 e. The van der Waals surface area contributed by atoms with Crippen molar-refractivity contribution in [1.82, 2.24) is 14.9 Å². The molecule has 0 amide bonds. The number of fused-ring (bicyclic) bond motifs is 1. The van der Waals surface area contributed by atoms with E-state index in [1.807, 2.05) is 4.57 Å². The number of nitrogens with zero attached hydrogens (tertiary/aromatic N) is 2. The average molecular weight is 232 g/mol. The van der Waals surface area contributed by atoms with Crippen molar-refractivity contribution in [3.05, 3.63) is 18.2 Å². The smallest absolute Gasteiger partial charge is 0.201 e. The number of anilines is 1. The summed E-state index contributed by atoms with van der Waals surface area (Å²) >= 11 is 0. The van der Waals surface area contributed by atoms with Crippen LogP contribution < -0.4 is 11.1 Å². The minimum absolute atomic E-state index is 0.248. The van der Waals surface area contributed by atoms with E-state index in [0.717, 1.165) is 30.5 Å². The SMILES string of the molecule is Nc1nc2ccc(O)cc2n1CC1CCCN1. The molecule has 2 heterocycles. The molecule has 1 aliphatic rings. The number of phenols is 1. The monoisotopic (exact) mass is 232 g/mol. The highest BCUT2D eigenvalue weighted by atomic mass is 16.3. The third-order valence-electron chi connectivity index (χ3n) is 3.33. The molecule has 2 aromatic rings. The summed E-state index contributed by atoms with van der Waals surface area (Å²) in [6.07, 6.45) is 2.38. The predicted octanol–water partition coefficient (Wildman–Crippen LogP) is 1.08. The molecule has 1 aromatic heterocycles. The Morgan fingerprint density at radius 1 is 1.53 bits per heavy atom. The van der Waals surface area contributed by atoms with Gasteiger partial charge in [0.05, 0.1) is 11.0 Å². The number of aromatic nitrogens is 2. The van der Waals surface area contributed by atoms with E-state index < -0.39 is 0 Å². The Labute approximate surface area is 99.3 Å². The zero-order valence-electron chi connectivity index (χ0n) is 9.56. The van der Waals surface area contributed by atoms with Gasteiger partial charge in [-0.1, -0.05) is 0 Å². The summed E-state index contributed by atoms with van der Waals surface area (Å²) in [5.74, 6) is 0.761. The van der Waals surface area contributed by atoms with Crippen LogP contribution in [-0.4, -0.2) is 27.2 Å². The number of nitrogens with one attached hydrogen (secondary N) is 1. The standard InChI is InChI=1S/C12H16N4O/c13-12-15-10-4-3-9(17)6-11(10)16(12)7-8-2-1-5-14-8/h3-4,6,8,14,17H,1-2,5,7H2,(H2,13,15). The van der Waals surface area contributed by atoms with Crippen LogP contribution in [0.2, 0.25) is 0 Å². The molecule has 90 valence electrons. The molecule has 3 rings (SSSR count). The molecular formula is C12H16N4O. The molecule has 0 radical (unpaired) electrons. The topological polar surface area (TPSA) is 76.1 Å². The Hall–Kier alpha value is -1.75. The van der Waals surface area contributed by atoms with Gasteiger partial charge in [-0.2, -0.15) is 0 Å². The van der Waals surface area contributed by atoms with E-state index in [0.29, 0.717) is 12.0 Å². The van der Waals surface area contributed by atoms with Crippen molar-refractivity contribution >= 4 is 17.0 Å². The lowest BCUT2D eigenvalue weighted by molar-refractivity contribution is 0.475. The van der Waals surface area contributed by atoms with Gasteiger partial charge in [0, 0.05) is 18.7 Å². The highest BCUT2D eigenvalue weighted by molar-refractivity contribution is 5.79. The number of nitrogens with two attached hydrogens (primary N) is 1. The van der Waals surface area contributed by atoms with Crippen molar-refractivity contribution in [3.8, 4) is 5.75 Å². The van der Waals surface area contributed by atoms with Gasteiger partial charge in [-0.05, 0) is 31.5 Å². The molecule has 0 aliphatic carbocycles. The van der Waals surface area contributed by atoms with Crippen LogP contribution in [0, 0.1) is 0 Å². The normalized spacial score (nSPS) is 20.1. The maximum atomic E-state index is 9.53. The summed E-state index contributed by atoms with van der Waals surface area (Å²) in [5.41, 5.74) is 7.65. The second kappa shape index (κ2) is 3.92. The third-order valence-corrected chi connectivity index (χ3v) is 3.33. The van der Waals surface area contributed by atoms with Gasteiger partial charge in [0.1, 0.15) is 5.75 Å². The summed E-state index contributed by atoms with van der Waals surface area (Å²) in [6, 6.07) is 5.59. The zero-order valence-corrected chi connectivity index (χ0v) is 9.56. The molecule has 4 N–H and O–H groups in total. The number of benzene rings is 1. The average Bonchev–Trinajstić information content (AvgIpc) is 2.90. The van der Waals surface area contributed by atoms with Crippen molar-refractivity contribution in [2.45, 2.75) is 25.4 Å². The molecule has 5 heteroatoms. The quantitative estimate of drug-likeness (QED) is 0.724. The summed E-state index contributed by atoms with van der Waals surface area (Å²) < 4.78 is 1.97. The first-order valence-corrected chi connectivity index (χ1v) is 5.92. The molecule has 0 saturated carbocycles. The molecule has 1 fully saturated rings. The Morgan fingerprint density at radius 3 is 3.18 bits per heavy atom. The van der Waals surface area contributed by atoms with Crippen molar-refractivity contribution in [1.29, 1.82) is 0 Å². The first kappa shape index (κ1) is 10.4. The fourth-order valence-corrected chi connectivity index (χ4v) is 2.45. The van der Waals surface area contributed by atoms with Gasteiger partial charge < -0.3 is 20.7 Å². The number of phenolic OH excluding ortho intramolecular Hbond substituents is 1. The molecule has 1 saturated heterocycles. The third kappa shape index (κ3) is 1.82. The zero-order chi connectivity index (χ0) is 11.8. The lowest BCUT2D eigenvalue weighted by Gasteiger charge is -2.13. The molecule has 0 spiro atoms. The van der Waals surface area contributed by atoms with Crippen LogP contribution in [0.25, 0.3) is 11.0 Å². The van der Waals surface area contributed by atoms with Crippen LogP contribution in [0.1, 0.15) is 12.8 Å². The fraction of sp³-hybridized carbons (Fsp3) is 0.417. The second-order valence-corrected chi connectivity index (χ2v) is 4.55. The van der Waals surface area contributed by atoms with Crippen LogP contribution >= 0.6 is 0 Å². The molecule has 1 aromatic carbocycles. The summed E-state index contributed by atoms with van der Waals surface area (Å²) in [6.45, 7) is 1.88. The van der Waals surface area contributed by atoms with Crippen LogP contribution in [0.15, 0.2) is 18.2 Å². The number of nitrogen functional groups attached to an aromatic ring is 1. The molecule has 1 aliphatic heterocycles. The van der Waals surface area contributed by atoms with Gasteiger partial charge in [0.15, 0.2) is 0 Å². The van der Waals surface area contributed by atoms with Crippen LogP contribution in [0.4, 0.5) is 5.95 Å². The minimum Gasteiger partial charge on any atom is -0.508 e. The highest BCUT2D eigenvalue weighted by Crippen LogP contribution is 2.23. The molecule has 17 heavy (non-hydrogen) atoms. The molecular weight excluding hydrogens is 216 g/mol. The van der Waals surface area contributed by atoms with E-state index in [2.05, 4.69) is 10.3 Å². The van der Waals surface area contributed by atoms with Crippen molar-refractivity contribution < 1.29 is 5.11 Å².